The summed E-state index contributed by atoms with van der Waals surface area (Å²) in [5, 5.41) is 19.3. The summed E-state index contributed by atoms with van der Waals surface area (Å²) in [7, 11) is 1.85. The van der Waals surface area contributed by atoms with Gasteiger partial charge in [0.15, 0.2) is 5.82 Å². The zero-order valence-electron chi connectivity index (χ0n) is 22.4. The minimum Gasteiger partial charge on any atom is -0.382 e. The number of benzene rings is 2. The number of nitrogen functional groups attached to an aromatic ring is 1. The first kappa shape index (κ1) is 25.4. The molecule has 0 saturated carbocycles. The van der Waals surface area contributed by atoms with Gasteiger partial charge in [-0.1, -0.05) is 36.1 Å². The monoisotopic (exact) mass is 544 g/mol. The zero-order valence-corrected chi connectivity index (χ0v) is 22.4. The van der Waals surface area contributed by atoms with Crippen LogP contribution in [0.15, 0.2) is 72.0 Å². The molecule has 1 atom stereocenters. The summed E-state index contributed by atoms with van der Waals surface area (Å²) in [6, 6.07) is 13.8. The van der Waals surface area contributed by atoms with E-state index in [2.05, 4.69) is 37.6 Å². The number of nitrogens with one attached hydrogen (secondary N) is 1. The third-order valence-electron chi connectivity index (χ3n) is 6.85. The van der Waals surface area contributed by atoms with Crippen molar-refractivity contribution >= 4 is 28.1 Å². The predicted molar refractivity (Wildman–Crippen MR) is 152 cm³/mol. The lowest BCUT2D eigenvalue weighted by Crippen LogP contribution is -2.33. The average molecular weight is 545 g/mol. The van der Waals surface area contributed by atoms with Crippen LogP contribution in [0.25, 0.3) is 22.1 Å². The summed E-state index contributed by atoms with van der Waals surface area (Å²) in [6.07, 6.45) is 4.46. The lowest BCUT2D eigenvalue weighted by Gasteiger charge is -2.20. The molecule has 41 heavy (non-hydrogen) atoms. The third kappa shape index (κ3) is 4.45. The summed E-state index contributed by atoms with van der Waals surface area (Å²) in [5.41, 5.74) is 9.58. The Morgan fingerprint density at radius 3 is 2.56 bits per heavy atom. The van der Waals surface area contributed by atoms with E-state index < -0.39 is 11.9 Å². The molecule has 6 aromatic rings. The van der Waals surface area contributed by atoms with Crippen molar-refractivity contribution in [2.24, 2.45) is 7.05 Å². The molecule has 0 unspecified atom stereocenters. The Bertz CT molecular complexity index is 2080. The summed E-state index contributed by atoms with van der Waals surface area (Å²) in [6.45, 7) is 3.68. The highest BCUT2D eigenvalue weighted by atomic mass is 16.2. The lowest BCUT2D eigenvalue weighted by molar-refractivity contribution is 0.0940. The van der Waals surface area contributed by atoms with Gasteiger partial charge in [-0.3, -0.25) is 18.8 Å². The van der Waals surface area contributed by atoms with Crippen LogP contribution in [0.5, 0.6) is 0 Å². The van der Waals surface area contributed by atoms with E-state index in [1.54, 1.807) is 36.0 Å². The lowest BCUT2D eigenvalue weighted by atomic mass is 10.1. The van der Waals surface area contributed by atoms with E-state index in [0.717, 1.165) is 11.3 Å². The second kappa shape index (κ2) is 10.0. The van der Waals surface area contributed by atoms with E-state index in [4.69, 9.17) is 10.7 Å². The van der Waals surface area contributed by atoms with E-state index in [1.807, 2.05) is 44.3 Å². The molecular weight excluding hydrogens is 520 g/mol. The molecule has 202 valence electrons. The molecule has 1 amide bonds. The SMILES string of the molecule is Cc1c(C#Cc2cccc3nc([C@H](C)NC(=O)c4c(N)nn5cnncc45)n(-c4ccccc4)c(=O)c23)cnn1C. The average Bonchev–Trinajstić information content (AvgIpc) is 3.49. The molecule has 12 heteroatoms. The number of rotatable bonds is 4. The smallest absolute Gasteiger partial charge is 0.267 e. The Morgan fingerprint density at radius 2 is 1.80 bits per heavy atom. The fourth-order valence-corrected chi connectivity index (χ4v) is 4.63. The van der Waals surface area contributed by atoms with Crippen molar-refractivity contribution in [3.05, 3.63) is 106 Å². The fourth-order valence-electron chi connectivity index (χ4n) is 4.63. The highest BCUT2D eigenvalue weighted by Gasteiger charge is 2.24. The van der Waals surface area contributed by atoms with Crippen molar-refractivity contribution in [2.45, 2.75) is 19.9 Å². The maximum Gasteiger partial charge on any atom is 0.267 e. The number of hydrogen-bond acceptors (Lipinski definition) is 8. The first-order chi connectivity index (χ1) is 19.8. The van der Waals surface area contributed by atoms with Crippen LogP contribution in [0.3, 0.4) is 0 Å². The molecule has 0 spiro atoms. The van der Waals surface area contributed by atoms with Crippen LogP contribution in [-0.4, -0.2) is 45.1 Å². The van der Waals surface area contributed by atoms with Gasteiger partial charge in [0, 0.05) is 12.6 Å². The topological polar surface area (TPSA) is 151 Å². The van der Waals surface area contributed by atoms with Gasteiger partial charge in [0.25, 0.3) is 11.5 Å². The molecule has 4 aromatic heterocycles. The van der Waals surface area contributed by atoms with Crippen LogP contribution in [0, 0.1) is 18.8 Å². The molecule has 2 aromatic carbocycles. The Morgan fingerprint density at radius 1 is 1.02 bits per heavy atom. The van der Waals surface area contributed by atoms with E-state index in [-0.39, 0.29) is 16.9 Å². The number of carbonyl (C=O) groups excluding carboxylic acids is 1. The molecule has 0 bridgehead atoms. The quantitative estimate of drug-likeness (QED) is 0.321. The number of nitrogens with zero attached hydrogens (tertiary/aromatic N) is 8. The Hall–Kier alpha value is -5.83. The molecule has 0 fully saturated rings. The second-order valence-electron chi connectivity index (χ2n) is 9.42. The Kier molecular flexibility index (Phi) is 6.24. The predicted octanol–water partition coefficient (Wildman–Crippen LogP) is 2.34. The number of nitrogens with two attached hydrogens (primary N) is 1. The first-order valence-corrected chi connectivity index (χ1v) is 12.7. The Labute approximate surface area is 233 Å². The molecule has 0 aliphatic heterocycles. The van der Waals surface area contributed by atoms with Gasteiger partial charge in [0.1, 0.15) is 23.2 Å². The molecule has 0 radical (unpaired) electrons. The van der Waals surface area contributed by atoms with Crippen LogP contribution in [0.4, 0.5) is 5.82 Å². The minimum atomic E-state index is -0.697. The van der Waals surface area contributed by atoms with Crippen molar-refractivity contribution in [1.29, 1.82) is 0 Å². The van der Waals surface area contributed by atoms with Crippen molar-refractivity contribution < 1.29 is 4.79 Å². The van der Waals surface area contributed by atoms with Gasteiger partial charge in [-0.15, -0.1) is 10.2 Å². The van der Waals surface area contributed by atoms with Gasteiger partial charge >= 0.3 is 0 Å². The number of fused-ring (bicyclic) bond motifs is 2. The summed E-state index contributed by atoms with van der Waals surface area (Å²) < 4.78 is 4.62. The molecule has 3 N–H and O–H groups in total. The normalized spacial score (nSPS) is 11.8. The Balaban J connectivity index is 1.48. The summed E-state index contributed by atoms with van der Waals surface area (Å²) in [5.74, 6) is 6.15. The molecule has 0 saturated heterocycles. The van der Waals surface area contributed by atoms with Gasteiger partial charge < -0.3 is 11.1 Å². The number of aromatic nitrogens is 8. The number of para-hydroxylation sites is 1. The van der Waals surface area contributed by atoms with Gasteiger partial charge in [-0.25, -0.2) is 9.50 Å². The molecular formula is C29H24N10O2. The summed E-state index contributed by atoms with van der Waals surface area (Å²) in [4.78, 5) is 32.4. The van der Waals surface area contributed by atoms with Crippen LogP contribution in [0.2, 0.25) is 0 Å². The van der Waals surface area contributed by atoms with Crippen molar-refractivity contribution in [1.82, 2.24) is 44.5 Å². The van der Waals surface area contributed by atoms with Crippen molar-refractivity contribution in [3.8, 4) is 17.5 Å². The van der Waals surface area contributed by atoms with Crippen LogP contribution in [0.1, 0.15) is 46.0 Å². The van der Waals surface area contributed by atoms with E-state index in [1.165, 1.54) is 21.6 Å². The fraction of sp³-hybridized carbons (Fsp3) is 0.138. The van der Waals surface area contributed by atoms with E-state index >= 15 is 0 Å². The molecule has 0 aliphatic rings. The second-order valence-corrected chi connectivity index (χ2v) is 9.42. The number of carbonyl (C=O) groups is 1. The molecule has 12 nitrogen and oxygen atoms in total. The zero-order chi connectivity index (χ0) is 28.7. The molecule has 4 heterocycles. The molecule has 0 aliphatic carbocycles. The van der Waals surface area contributed by atoms with Gasteiger partial charge in [-0.2, -0.15) is 10.2 Å². The van der Waals surface area contributed by atoms with Crippen molar-refractivity contribution in [3.63, 3.8) is 0 Å². The van der Waals surface area contributed by atoms with Crippen LogP contribution in [-0.2, 0) is 7.05 Å². The number of aryl methyl sites for hydroxylation is 1. The van der Waals surface area contributed by atoms with Crippen LogP contribution >= 0.6 is 0 Å². The maximum absolute atomic E-state index is 14.2. The van der Waals surface area contributed by atoms with E-state index in [0.29, 0.717) is 33.5 Å². The highest BCUT2D eigenvalue weighted by molar-refractivity contribution is 6.05. The molecule has 6 rings (SSSR count). The van der Waals surface area contributed by atoms with Gasteiger partial charge in [0.2, 0.25) is 0 Å². The third-order valence-corrected chi connectivity index (χ3v) is 6.85. The summed E-state index contributed by atoms with van der Waals surface area (Å²) >= 11 is 0. The maximum atomic E-state index is 14.2. The van der Waals surface area contributed by atoms with Gasteiger partial charge in [-0.05, 0) is 38.1 Å². The van der Waals surface area contributed by atoms with Gasteiger partial charge in [0.05, 0.1) is 46.3 Å². The standard InChI is InChI=1S/C29H24N10O2/c1-17(34-28(40)25-23-15-31-32-16-38(23)36-26(25)30)27-35-22-11-7-8-19(12-13-20-14-33-37(3)18(20)2)24(22)29(41)39(27)21-9-5-4-6-10-21/h4-11,14-17H,1-3H3,(H2,30,36)(H,34,40)/t17-/m0/s1. The minimum absolute atomic E-state index is 0.0310. The highest BCUT2D eigenvalue weighted by Crippen LogP contribution is 2.22. The van der Waals surface area contributed by atoms with Crippen molar-refractivity contribution in [2.75, 3.05) is 5.73 Å². The number of anilines is 1. The first-order valence-electron chi connectivity index (χ1n) is 12.7. The number of amides is 1. The van der Waals surface area contributed by atoms with E-state index in [9.17, 15) is 9.59 Å². The number of hydrogen-bond donors (Lipinski definition) is 2. The largest absolute Gasteiger partial charge is 0.382 e. The van der Waals surface area contributed by atoms with Crippen LogP contribution < -0.4 is 16.6 Å².